The molecule has 2 aliphatic rings. The van der Waals surface area contributed by atoms with Crippen LogP contribution in [-0.4, -0.2) is 59.5 Å². The number of nitrogens with zero attached hydrogens (tertiary/aromatic N) is 5. The molecular formula is C21H28ClN5. The van der Waals surface area contributed by atoms with Crippen LogP contribution in [0.25, 0.3) is 0 Å². The molecule has 1 aromatic heterocycles. The van der Waals surface area contributed by atoms with E-state index >= 15 is 0 Å². The normalized spacial score (nSPS) is 18.7. The molecule has 1 aromatic carbocycles. The van der Waals surface area contributed by atoms with Crippen LogP contribution in [0.4, 0.5) is 5.82 Å². The lowest BCUT2D eigenvalue weighted by Gasteiger charge is -2.38. The van der Waals surface area contributed by atoms with Crippen LogP contribution in [0.3, 0.4) is 0 Å². The highest BCUT2D eigenvalue weighted by molar-refractivity contribution is 6.28. The van der Waals surface area contributed by atoms with E-state index in [1.165, 1.54) is 11.1 Å². The van der Waals surface area contributed by atoms with Gasteiger partial charge in [-0.2, -0.15) is 0 Å². The zero-order chi connectivity index (χ0) is 18.8. The van der Waals surface area contributed by atoms with Crippen LogP contribution < -0.4 is 4.90 Å². The van der Waals surface area contributed by atoms with Crippen LogP contribution in [0.5, 0.6) is 0 Å². The second-order valence-electron chi connectivity index (χ2n) is 7.87. The first-order valence-corrected chi connectivity index (χ1v) is 10.2. The van der Waals surface area contributed by atoms with Gasteiger partial charge in [-0.05, 0) is 44.1 Å². The molecule has 3 heterocycles. The zero-order valence-corrected chi connectivity index (χ0v) is 17.0. The summed E-state index contributed by atoms with van der Waals surface area (Å²) in [6, 6.07) is 11.3. The SMILES string of the molecule is CN(C)C1CCN(c2nc(Cl)nc3c2CN(Cc2ccccc2)CC3)CC1. The summed E-state index contributed by atoms with van der Waals surface area (Å²) in [6.07, 6.45) is 3.26. The van der Waals surface area contributed by atoms with Gasteiger partial charge in [0, 0.05) is 50.7 Å². The van der Waals surface area contributed by atoms with Crippen molar-refractivity contribution in [3.05, 3.63) is 52.4 Å². The Balaban J connectivity index is 1.53. The zero-order valence-electron chi connectivity index (χ0n) is 16.2. The number of anilines is 1. The summed E-state index contributed by atoms with van der Waals surface area (Å²) in [5.41, 5.74) is 3.75. The van der Waals surface area contributed by atoms with Crippen molar-refractivity contribution >= 4 is 17.4 Å². The largest absolute Gasteiger partial charge is 0.356 e. The maximum absolute atomic E-state index is 6.28. The van der Waals surface area contributed by atoms with E-state index < -0.39 is 0 Å². The molecule has 2 aliphatic heterocycles. The molecule has 0 unspecified atom stereocenters. The number of rotatable bonds is 4. The number of hydrogen-bond acceptors (Lipinski definition) is 5. The van der Waals surface area contributed by atoms with Crippen molar-refractivity contribution in [3.63, 3.8) is 0 Å². The molecule has 0 aliphatic carbocycles. The van der Waals surface area contributed by atoms with E-state index in [2.05, 4.69) is 69.1 Å². The Kier molecular flexibility index (Phi) is 5.62. The molecule has 5 nitrogen and oxygen atoms in total. The minimum atomic E-state index is 0.384. The van der Waals surface area contributed by atoms with Gasteiger partial charge in [-0.1, -0.05) is 30.3 Å². The molecule has 0 atom stereocenters. The lowest BCUT2D eigenvalue weighted by atomic mass is 10.0. The third-order valence-electron chi connectivity index (χ3n) is 5.83. The Morgan fingerprint density at radius 1 is 1.07 bits per heavy atom. The predicted octanol–water partition coefficient (Wildman–Crippen LogP) is 3.22. The summed E-state index contributed by atoms with van der Waals surface area (Å²) in [7, 11) is 4.34. The topological polar surface area (TPSA) is 35.5 Å². The fourth-order valence-corrected chi connectivity index (χ4v) is 4.44. The van der Waals surface area contributed by atoms with Crippen molar-refractivity contribution in [3.8, 4) is 0 Å². The van der Waals surface area contributed by atoms with Gasteiger partial charge < -0.3 is 9.80 Å². The maximum atomic E-state index is 6.28. The third kappa shape index (κ3) is 4.26. The monoisotopic (exact) mass is 385 g/mol. The Hall–Kier alpha value is -1.69. The molecule has 6 heteroatoms. The van der Waals surface area contributed by atoms with Crippen molar-refractivity contribution in [1.82, 2.24) is 19.8 Å². The van der Waals surface area contributed by atoms with Gasteiger partial charge in [0.25, 0.3) is 0 Å². The Labute approximate surface area is 167 Å². The third-order valence-corrected chi connectivity index (χ3v) is 6.00. The standard InChI is InChI=1S/C21H28ClN5/c1-25(2)17-8-12-27(13-9-17)20-18-15-26(14-16-6-4-3-5-7-16)11-10-19(18)23-21(22)24-20/h3-7,17H,8-15H2,1-2H3. The number of fused-ring (bicyclic) bond motifs is 1. The summed E-state index contributed by atoms with van der Waals surface area (Å²) < 4.78 is 0. The van der Waals surface area contributed by atoms with Crippen LogP contribution in [0.2, 0.25) is 5.28 Å². The molecule has 4 rings (SSSR count). The summed E-state index contributed by atoms with van der Waals surface area (Å²) >= 11 is 6.28. The van der Waals surface area contributed by atoms with Crippen molar-refractivity contribution in [2.75, 3.05) is 38.6 Å². The summed E-state index contributed by atoms with van der Waals surface area (Å²) in [5, 5.41) is 0.384. The molecule has 0 spiro atoms. The van der Waals surface area contributed by atoms with Crippen LogP contribution in [0, 0.1) is 0 Å². The number of piperidine rings is 1. The van der Waals surface area contributed by atoms with E-state index in [-0.39, 0.29) is 0 Å². The smallest absolute Gasteiger partial charge is 0.224 e. The minimum Gasteiger partial charge on any atom is -0.356 e. The quantitative estimate of drug-likeness (QED) is 0.755. The van der Waals surface area contributed by atoms with Gasteiger partial charge in [0.05, 0.1) is 5.69 Å². The van der Waals surface area contributed by atoms with E-state index in [0.717, 1.165) is 63.5 Å². The van der Waals surface area contributed by atoms with Gasteiger partial charge in [0.1, 0.15) is 5.82 Å². The fraction of sp³-hybridized carbons (Fsp3) is 0.524. The first-order valence-electron chi connectivity index (χ1n) is 9.83. The van der Waals surface area contributed by atoms with Crippen molar-refractivity contribution in [2.24, 2.45) is 0 Å². The molecule has 1 fully saturated rings. The van der Waals surface area contributed by atoms with Gasteiger partial charge in [0.15, 0.2) is 0 Å². The van der Waals surface area contributed by atoms with E-state index in [4.69, 9.17) is 11.6 Å². The number of hydrogen-bond donors (Lipinski definition) is 0. The van der Waals surface area contributed by atoms with E-state index in [1.54, 1.807) is 0 Å². The van der Waals surface area contributed by atoms with Gasteiger partial charge in [-0.3, -0.25) is 4.90 Å². The van der Waals surface area contributed by atoms with Crippen LogP contribution >= 0.6 is 11.6 Å². The molecule has 0 saturated carbocycles. The highest BCUT2D eigenvalue weighted by Gasteiger charge is 2.28. The first kappa shape index (κ1) is 18.7. The predicted molar refractivity (Wildman–Crippen MR) is 110 cm³/mol. The van der Waals surface area contributed by atoms with E-state index in [9.17, 15) is 0 Å². The molecule has 0 bridgehead atoms. The van der Waals surface area contributed by atoms with E-state index in [1.807, 2.05) is 0 Å². The molecular weight excluding hydrogens is 358 g/mol. The number of benzene rings is 1. The lowest BCUT2D eigenvalue weighted by molar-refractivity contribution is 0.239. The number of halogens is 1. The molecule has 27 heavy (non-hydrogen) atoms. The molecule has 0 N–H and O–H groups in total. The summed E-state index contributed by atoms with van der Waals surface area (Å²) in [6.45, 7) is 4.93. The Morgan fingerprint density at radius 3 is 2.52 bits per heavy atom. The fourth-order valence-electron chi connectivity index (χ4n) is 4.26. The van der Waals surface area contributed by atoms with Crippen LogP contribution in [0.1, 0.15) is 29.7 Å². The highest BCUT2D eigenvalue weighted by atomic mass is 35.5. The summed E-state index contributed by atoms with van der Waals surface area (Å²) in [5.74, 6) is 1.06. The van der Waals surface area contributed by atoms with Crippen molar-refractivity contribution < 1.29 is 0 Å². The highest BCUT2D eigenvalue weighted by Crippen LogP contribution is 2.30. The van der Waals surface area contributed by atoms with Gasteiger partial charge in [-0.25, -0.2) is 9.97 Å². The molecule has 1 saturated heterocycles. The average Bonchev–Trinajstić information content (AvgIpc) is 2.68. The minimum absolute atomic E-state index is 0.384. The lowest BCUT2D eigenvalue weighted by Crippen LogP contribution is -2.43. The summed E-state index contributed by atoms with van der Waals surface area (Å²) in [4.78, 5) is 16.4. The van der Waals surface area contributed by atoms with Crippen LogP contribution in [-0.2, 0) is 19.5 Å². The average molecular weight is 386 g/mol. The van der Waals surface area contributed by atoms with Gasteiger partial charge in [0.2, 0.25) is 5.28 Å². The molecule has 144 valence electrons. The number of aromatic nitrogens is 2. The molecule has 2 aromatic rings. The first-order chi connectivity index (χ1) is 13.1. The maximum Gasteiger partial charge on any atom is 0.224 e. The Morgan fingerprint density at radius 2 is 1.81 bits per heavy atom. The van der Waals surface area contributed by atoms with Crippen LogP contribution in [0.15, 0.2) is 30.3 Å². The van der Waals surface area contributed by atoms with E-state index in [0.29, 0.717) is 11.3 Å². The second kappa shape index (κ2) is 8.13. The Bertz CT molecular complexity index is 772. The van der Waals surface area contributed by atoms with Crippen molar-refractivity contribution in [1.29, 1.82) is 0 Å². The van der Waals surface area contributed by atoms with Gasteiger partial charge in [-0.15, -0.1) is 0 Å². The second-order valence-corrected chi connectivity index (χ2v) is 8.21. The van der Waals surface area contributed by atoms with Crippen molar-refractivity contribution in [2.45, 2.75) is 38.4 Å². The van der Waals surface area contributed by atoms with Gasteiger partial charge >= 0.3 is 0 Å². The molecule has 0 radical (unpaired) electrons. The molecule has 0 amide bonds.